The Morgan fingerprint density at radius 2 is 1.24 bits per heavy atom. The van der Waals surface area contributed by atoms with Gasteiger partial charge in [0.15, 0.2) is 0 Å². The number of H-pyrrole nitrogens is 2. The van der Waals surface area contributed by atoms with Crippen LogP contribution in [-0.2, 0) is 25.9 Å². The quantitative estimate of drug-likeness (QED) is 0.165. The van der Waals surface area contributed by atoms with Crippen molar-refractivity contribution in [1.29, 1.82) is 0 Å². The average molecular weight is 801 g/mol. The summed E-state index contributed by atoms with van der Waals surface area (Å²) in [5.74, 6) is 0.470. The maximum absolute atomic E-state index is 12.5. The molecule has 0 bridgehead atoms. The summed E-state index contributed by atoms with van der Waals surface area (Å²) >= 11 is 6.77. The van der Waals surface area contributed by atoms with Crippen molar-refractivity contribution in [2.24, 2.45) is 5.73 Å². The van der Waals surface area contributed by atoms with Crippen molar-refractivity contribution in [2.75, 3.05) is 0 Å². The zero-order valence-electron chi connectivity index (χ0n) is 28.2. The summed E-state index contributed by atoms with van der Waals surface area (Å²) in [4.78, 5) is 51.9. The van der Waals surface area contributed by atoms with Gasteiger partial charge in [-0.15, -0.1) is 0 Å². The summed E-state index contributed by atoms with van der Waals surface area (Å²) in [5.41, 5.74) is 12.8. The van der Waals surface area contributed by atoms with E-state index < -0.39 is 5.97 Å². The standard InChI is InChI=1S/C18H19BrN2O3.C10H9BrO3.C8H12N2O/c1-9-4-10(2)21-18(23)14(9)8-20-17(22)13-6-12-5-11(3)24-16(12)15(19)7-13;1-5-2-6-3-7(10(12)13)4-8(11)9(6)14-5;1-5-3-6(2)10-8(11)7(5)4-9/h4,6-7,11H,5,8H2,1-3H3,(H,20,22)(H,21,23);3-5H,2H2,1H3,(H,12,13);3H,4,9H2,1-2H3,(H,10,11). The van der Waals surface area contributed by atoms with Crippen LogP contribution in [0.25, 0.3) is 0 Å². The highest BCUT2D eigenvalue weighted by atomic mass is 79.9. The van der Waals surface area contributed by atoms with Crippen LogP contribution in [0.2, 0.25) is 0 Å². The second-order valence-electron chi connectivity index (χ2n) is 12.2. The lowest BCUT2D eigenvalue weighted by atomic mass is 10.1. The maximum atomic E-state index is 12.5. The molecule has 0 spiro atoms. The third-order valence-electron chi connectivity index (χ3n) is 8.02. The molecule has 260 valence electrons. The predicted octanol–water partition coefficient (Wildman–Crippen LogP) is 5.93. The molecule has 0 radical (unpaired) electrons. The topological polar surface area (TPSA) is 177 Å². The van der Waals surface area contributed by atoms with Gasteiger partial charge in [-0.1, -0.05) is 0 Å². The Labute approximate surface area is 300 Å². The number of carboxylic acid groups (broad SMARTS) is 1. The average Bonchev–Trinajstić information content (AvgIpc) is 3.58. The molecule has 2 atom stereocenters. The molecule has 0 saturated heterocycles. The van der Waals surface area contributed by atoms with Gasteiger partial charge in [0.2, 0.25) is 0 Å². The number of halogens is 2. The molecule has 6 N–H and O–H groups in total. The number of pyridine rings is 2. The third-order valence-corrected chi connectivity index (χ3v) is 9.20. The van der Waals surface area contributed by atoms with Crippen LogP contribution in [-0.4, -0.2) is 39.2 Å². The third kappa shape index (κ3) is 9.28. The predicted molar refractivity (Wildman–Crippen MR) is 195 cm³/mol. The number of carbonyl (C=O) groups is 2. The summed E-state index contributed by atoms with van der Waals surface area (Å²) in [6.45, 7) is 11.9. The van der Waals surface area contributed by atoms with Crippen LogP contribution in [0.15, 0.2) is 54.9 Å². The fourth-order valence-corrected chi connectivity index (χ4v) is 6.92. The molecule has 4 aromatic rings. The van der Waals surface area contributed by atoms with Crippen LogP contribution in [0.5, 0.6) is 11.5 Å². The Morgan fingerprint density at radius 1 is 0.796 bits per heavy atom. The number of hydrogen-bond donors (Lipinski definition) is 5. The van der Waals surface area contributed by atoms with Gasteiger partial charge in [-0.3, -0.25) is 14.4 Å². The Morgan fingerprint density at radius 3 is 1.69 bits per heavy atom. The van der Waals surface area contributed by atoms with Crippen molar-refractivity contribution in [1.82, 2.24) is 15.3 Å². The zero-order valence-corrected chi connectivity index (χ0v) is 31.3. The Hall–Kier alpha value is -4.20. The van der Waals surface area contributed by atoms with E-state index >= 15 is 0 Å². The summed E-state index contributed by atoms with van der Waals surface area (Å²) in [6, 6.07) is 10.7. The second-order valence-corrected chi connectivity index (χ2v) is 13.9. The monoisotopic (exact) mass is 798 g/mol. The van der Waals surface area contributed by atoms with Crippen molar-refractivity contribution < 1.29 is 24.2 Å². The van der Waals surface area contributed by atoms with Crippen LogP contribution in [0.4, 0.5) is 0 Å². The Bertz CT molecular complexity index is 2020. The number of amides is 1. The van der Waals surface area contributed by atoms with Crippen LogP contribution < -0.4 is 31.6 Å². The van der Waals surface area contributed by atoms with Gasteiger partial charge in [-0.05, 0) is 132 Å². The fraction of sp³-hybridized carbons (Fsp3) is 0.333. The van der Waals surface area contributed by atoms with Crippen molar-refractivity contribution >= 4 is 43.7 Å². The molecule has 0 fully saturated rings. The number of hydrogen-bond acceptors (Lipinski definition) is 7. The van der Waals surface area contributed by atoms with Gasteiger partial charge < -0.3 is 35.6 Å². The van der Waals surface area contributed by atoms with Gasteiger partial charge >= 0.3 is 5.97 Å². The number of nitrogens with one attached hydrogen (secondary N) is 3. The van der Waals surface area contributed by atoms with Gasteiger partial charge in [0, 0.05) is 54.0 Å². The highest BCUT2D eigenvalue weighted by Gasteiger charge is 2.25. The molecule has 1 amide bonds. The van der Waals surface area contributed by atoms with Gasteiger partial charge in [-0.2, -0.15) is 0 Å². The minimum atomic E-state index is -0.909. The SMILES string of the molecule is CC1Cc2cc(C(=O)O)cc(Br)c2O1.Cc1cc(C)c(CN)c(=O)[nH]1.Cc1cc(C)c(CNC(=O)c2cc(Br)c3c(c2)CC(C)O3)c(=O)[nH]1. The smallest absolute Gasteiger partial charge is 0.335 e. The number of aromatic amines is 2. The number of ether oxygens (including phenoxy) is 2. The number of nitrogens with two attached hydrogens (primary N) is 1. The first-order valence-electron chi connectivity index (χ1n) is 15.7. The van der Waals surface area contributed by atoms with Gasteiger partial charge in [0.1, 0.15) is 23.7 Å². The fourth-order valence-electron chi connectivity index (χ4n) is 5.73. The molecule has 49 heavy (non-hydrogen) atoms. The zero-order chi connectivity index (χ0) is 36.2. The van der Waals surface area contributed by atoms with Crippen molar-refractivity contribution in [3.05, 3.63) is 122 Å². The lowest BCUT2D eigenvalue weighted by molar-refractivity contribution is 0.0696. The Balaban J connectivity index is 0.000000183. The number of carboxylic acids is 1. The summed E-state index contributed by atoms with van der Waals surface area (Å²) < 4.78 is 12.7. The molecule has 4 heterocycles. The highest BCUT2D eigenvalue weighted by molar-refractivity contribution is 9.11. The van der Waals surface area contributed by atoms with Gasteiger partial charge in [0.05, 0.1) is 14.5 Å². The van der Waals surface area contributed by atoms with E-state index in [-0.39, 0.29) is 35.8 Å². The molecular formula is C36H40Br2N4O7. The van der Waals surface area contributed by atoms with E-state index in [1.807, 2.05) is 59.7 Å². The molecule has 0 aliphatic carbocycles. The number of carbonyl (C=O) groups excluding carboxylic acids is 1. The number of rotatable bonds is 5. The first-order chi connectivity index (χ1) is 23.1. The molecule has 2 aliphatic heterocycles. The maximum Gasteiger partial charge on any atom is 0.335 e. The second kappa shape index (κ2) is 16.0. The Kier molecular flexibility index (Phi) is 12.3. The van der Waals surface area contributed by atoms with E-state index in [0.29, 0.717) is 28.8 Å². The van der Waals surface area contributed by atoms with E-state index in [1.165, 1.54) is 0 Å². The molecule has 2 unspecified atom stereocenters. The minimum Gasteiger partial charge on any atom is -0.489 e. The molecule has 0 saturated carbocycles. The van der Waals surface area contributed by atoms with Gasteiger partial charge in [0.25, 0.3) is 17.0 Å². The van der Waals surface area contributed by atoms with Crippen molar-refractivity contribution in [3.63, 3.8) is 0 Å². The molecule has 2 aliphatic rings. The van der Waals surface area contributed by atoms with E-state index in [4.69, 9.17) is 20.3 Å². The highest BCUT2D eigenvalue weighted by Crippen LogP contribution is 2.38. The summed E-state index contributed by atoms with van der Waals surface area (Å²) in [7, 11) is 0. The molecule has 13 heteroatoms. The van der Waals surface area contributed by atoms with E-state index in [0.717, 1.165) is 66.9 Å². The van der Waals surface area contributed by atoms with E-state index in [9.17, 15) is 19.2 Å². The normalized spacial score (nSPS) is 15.4. The molecular weight excluding hydrogens is 760 g/mol. The summed E-state index contributed by atoms with van der Waals surface area (Å²) in [6.07, 6.45) is 1.80. The van der Waals surface area contributed by atoms with Crippen molar-refractivity contribution in [3.8, 4) is 11.5 Å². The van der Waals surface area contributed by atoms with E-state index in [2.05, 4.69) is 47.1 Å². The lowest BCUT2D eigenvalue weighted by Crippen LogP contribution is -2.28. The lowest BCUT2D eigenvalue weighted by Gasteiger charge is -2.10. The van der Waals surface area contributed by atoms with Crippen LogP contribution in [0.1, 0.15) is 79.3 Å². The summed E-state index contributed by atoms with van der Waals surface area (Å²) in [5, 5.41) is 11.7. The van der Waals surface area contributed by atoms with Gasteiger partial charge in [-0.25, -0.2) is 4.79 Å². The molecule has 6 rings (SSSR count). The number of aromatic nitrogens is 2. The number of aromatic carboxylic acids is 1. The van der Waals surface area contributed by atoms with E-state index in [1.54, 1.807) is 18.2 Å². The first-order valence-corrected chi connectivity index (χ1v) is 17.2. The number of benzene rings is 2. The molecule has 2 aromatic heterocycles. The molecule has 11 nitrogen and oxygen atoms in total. The van der Waals surface area contributed by atoms with Crippen LogP contribution >= 0.6 is 31.9 Å². The molecule has 2 aromatic carbocycles. The van der Waals surface area contributed by atoms with Crippen LogP contribution in [0, 0.1) is 27.7 Å². The first kappa shape index (κ1) is 37.6. The van der Waals surface area contributed by atoms with Crippen LogP contribution in [0.3, 0.4) is 0 Å². The van der Waals surface area contributed by atoms with Crippen molar-refractivity contribution in [2.45, 2.75) is 79.7 Å². The number of fused-ring (bicyclic) bond motifs is 2. The minimum absolute atomic E-state index is 0.0648. The number of aryl methyl sites for hydroxylation is 4. The largest absolute Gasteiger partial charge is 0.489 e.